The van der Waals surface area contributed by atoms with E-state index in [1.807, 2.05) is 0 Å². The predicted octanol–water partition coefficient (Wildman–Crippen LogP) is -3.67. The van der Waals surface area contributed by atoms with Crippen molar-refractivity contribution in [3.63, 3.8) is 0 Å². The summed E-state index contributed by atoms with van der Waals surface area (Å²) in [5.74, 6) is -0.815. The van der Waals surface area contributed by atoms with E-state index in [1.165, 1.54) is 0 Å². The number of carboxylic acid groups (broad SMARTS) is 1. The van der Waals surface area contributed by atoms with Gasteiger partial charge >= 0.3 is 35.5 Å². The molecule has 8 heavy (non-hydrogen) atoms. The van der Waals surface area contributed by atoms with E-state index in [0.717, 1.165) is 0 Å². The number of carboxylic acids is 1. The van der Waals surface area contributed by atoms with Crippen LogP contribution in [0.25, 0.3) is 0 Å². The largest absolute Gasteiger partial charge is 1.00 e. The third kappa shape index (κ3) is 4.93. The Morgan fingerprint density at radius 1 is 1.88 bits per heavy atom. The first-order valence-corrected chi connectivity index (χ1v) is 2.41. The third-order valence-corrected chi connectivity index (χ3v) is 0.907. The van der Waals surface area contributed by atoms with Crippen LogP contribution in [0, 0.1) is 0 Å². The molecule has 0 heterocycles. The summed E-state index contributed by atoms with van der Waals surface area (Å²) in [6.45, 7) is 0. The first-order valence-electron chi connectivity index (χ1n) is 1.77. The van der Waals surface area contributed by atoms with Crippen LogP contribution in [-0.4, -0.2) is 22.9 Å². The monoisotopic (exact) mass is 144 g/mol. The number of hydrogen-bond acceptors (Lipinski definition) is 3. The number of hydrogen-bond donors (Lipinski definition) is 3. The summed E-state index contributed by atoms with van der Waals surface area (Å²) in [5.41, 5.74) is 4.94. The Hall–Kier alpha value is 0.780. The molecule has 0 rings (SSSR count). The summed E-state index contributed by atoms with van der Waals surface area (Å²) < 4.78 is 0. The van der Waals surface area contributed by atoms with Crippen molar-refractivity contribution in [3.8, 4) is 0 Å². The van der Waals surface area contributed by atoms with E-state index in [1.54, 1.807) is 0 Å². The average Bonchev–Trinajstić information content (AvgIpc) is 1.65. The van der Waals surface area contributed by atoms with Gasteiger partial charge in [-0.15, -0.1) is 0 Å². The smallest absolute Gasteiger partial charge is 0.480 e. The molecule has 3 nitrogen and oxygen atoms in total. The molecule has 0 aliphatic rings. The second-order valence-electron chi connectivity index (χ2n) is 1.13. The second kappa shape index (κ2) is 5.91. The van der Waals surface area contributed by atoms with Crippen LogP contribution in [0.2, 0.25) is 0 Å². The molecule has 0 radical (unpaired) electrons. The molecule has 0 amide bonds. The molecule has 0 bridgehead atoms. The van der Waals surface area contributed by atoms with Crippen molar-refractivity contribution >= 4 is 18.6 Å². The zero-order chi connectivity index (χ0) is 5.86. The zero-order valence-electron chi connectivity index (χ0n) is 4.66. The van der Waals surface area contributed by atoms with Crippen molar-refractivity contribution < 1.29 is 39.5 Å². The summed E-state index contributed by atoms with van der Waals surface area (Å²) in [6, 6.07) is -0.816. The Labute approximate surface area is 75.3 Å². The van der Waals surface area contributed by atoms with Crippen LogP contribution in [-0.2, 0) is 4.79 Å². The third-order valence-electron chi connectivity index (χ3n) is 0.514. The van der Waals surface area contributed by atoms with Crippen molar-refractivity contribution in [2.45, 2.75) is 6.04 Å². The van der Waals surface area contributed by atoms with Gasteiger partial charge in [-0.05, 0) is 0 Å². The fraction of sp³-hybridized carbons (Fsp3) is 0.667. The fourth-order valence-electron chi connectivity index (χ4n) is 0.0781. The standard InChI is InChI=1S/C3H7NO2S.Na/c4-2(1-7)3(5)6;/h2,7H,1,4H2,(H,5,6);/q;+1. The van der Waals surface area contributed by atoms with Crippen LogP contribution in [0.15, 0.2) is 0 Å². The Kier molecular flexibility index (Phi) is 8.54. The van der Waals surface area contributed by atoms with Crippen LogP contribution in [0.3, 0.4) is 0 Å². The topological polar surface area (TPSA) is 63.3 Å². The van der Waals surface area contributed by atoms with E-state index in [9.17, 15) is 4.79 Å². The molecule has 1 atom stereocenters. The molecule has 5 heteroatoms. The summed E-state index contributed by atoms with van der Waals surface area (Å²) in [7, 11) is 0. The molecule has 0 aromatic rings. The van der Waals surface area contributed by atoms with E-state index in [4.69, 9.17) is 10.8 Å². The summed E-state index contributed by atoms with van der Waals surface area (Å²) in [4.78, 5) is 9.76. The number of thiol groups is 1. The number of aliphatic carboxylic acids is 1. The minimum absolute atomic E-state index is 0. The molecule has 0 aliphatic heterocycles. The van der Waals surface area contributed by atoms with Crippen molar-refractivity contribution in [3.05, 3.63) is 0 Å². The van der Waals surface area contributed by atoms with Gasteiger partial charge in [-0.25, -0.2) is 0 Å². The summed E-state index contributed by atoms with van der Waals surface area (Å²) in [6.07, 6.45) is 0. The quantitative estimate of drug-likeness (QED) is 0.276. The van der Waals surface area contributed by atoms with E-state index in [-0.39, 0.29) is 35.3 Å². The molecule has 3 N–H and O–H groups in total. The van der Waals surface area contributed by atoms with Gasteiger partial charge in [-0.1, -0.05) is 0 Å². The van der Waals surface area contributed by atoms with Crippen LogP contribution in [0.1, 0.15) is 0 Å². The summed E-state index contributed by atoms with van der Waals surface area (Å²) in [5, 5.41) is 8.01. The van der Waals surface area contributed by atoms with Crippen molar-refractivity contribution in [2.24, 2.45) is 5.73 Å². The van der Waals surface area contributed by atoms with Crippen LogP contribution in [0.5, 0.6) is 0 Å². The van der Waals surface area contributed by atoms with Gasteiger partial charge in [0, 0.05) is 5.75 Å². The van der Waals surface area contributed by atoms with Crippen molar-refractivity contribution in [1.82, 2.24) is 0 Å². The van der Waals surface area contributed by atoms with Gasteiger partial charge in [0.25, 0.3) is 0 Å². The van der Waals surface area contributed by atoms with E-state index < -0.39 is 12.0 Å². The molecule has 0 spiro atoms. The van der Waals surface area contributed by atoms with Crippen LogP contribution in [0.4, 0.5) is 0 Å². The van der Waals surface area contributed by atoms with Crippen molar-refractivity contribution in [1.29, 1.82) is 0 Å². The van der Waals surface area contributed by atoms with Gasteiger partial charge in [-0.2, -0.15) is 12.6 Å². The van der Waals surface area contributed by atoms with E-state index in [2.05, 4.69) is 12.6 Å². The number of nitrogens with two attached hydrogens (primary N) is 1. The first-order chi connectivity index (χ1) is 3.18. The zero-order valence-corrected chi connectivity index (χ0v) is 7.56. The minimum Gasteiger partial charge on any atom is -0.480 e. The van der Waals surface area contributed by atoms with Gasteiger partial charge < -0.3 is 10.8 Å². The Morgan fingerprint density at radius 3 is 2.25 bits per heavy atom. The molecule has 0 saturated carbocycles. The molecule has 0 aromatic carbocycles. The molecule has 0 aliphatic carbocycles. The van der Waals surface area contributed by atoms with Crippen LogP contribution >= 0.6 is 12.6 Å². The van der Waals surface area contributed by atoms with Crippen LogP contribution < -0.4 is 35.3 Å². The number of rotatable bonds is 2. The van der Waals surface area contributed by atoms with E-state index in [0.29, 0.717) is 0 Å². The van der Waals surface area contributed by atoms with Gasteiger partial charge in [0.15, 0.2) is 0 Å². The number of carbonyl (C=O) groups is 1. The molecule has 0 fully saturated rings. The Morgan fingerprint density at radius 2 is 2.25 bits per heavy atom. The van der Waals surface area contributed by atoms with Gasteiger partial charge in [-0.3, -0.25) is 4.79 Å². The van der Waals surface area contributed by atoms with Crippen molar-refractivity contribution in [2.75, 3.05) is 5.75 Å². The van der Waals surface area contributed by atoms with Gasteiger partial charge in [0.05, 0.1) is 0 Å². The Balaban J connectivity index is 0. The molecule has 0 aromatic heterocycles. The molecule has 1 unspecified atom stereocenters. The minimum atomic E-state index is -1.00. The average molecular weight is 144 g/mol. The second-order valence-corrected chi connectivity index (χ2v) is 1.49. The summed E-state index contributed by atoms with van der Waals surface area (Å²) >= 11 is 3.65. The SMILES string of the molecule is NC(CS)C(=O)O.[Na+]. The molecule has 42 valence electrons. The maximum atomic E-state index is 9.76. The molecule has 0 saturated heterocycles. The predicted molar refractivity (Wildman–Crippen MR) is 29.5 cm³/mol. The fourth-order valence-corrected chi connectivity index (χ4v) is 0.234. The first kappa shape index (κ1) is 11.6. The van der Waals surface area contributed by atoms with Gasteiger partial charge in [0.2, 0.25) is 0 Å². The maximum Gasteiger partial charge on any atom is 1.00 e. The van der Waals surface area contributed by atoms with Gasteiger partial charge in [0.1, 0.15) is 6.04 Å². The van der Waals surface area contributed by atoms with E-state index >= 15 is 0 Å². The normalized spacial score (nSPS) is 11.8. The maximum absolute atomic E-state index is 9.76. The molecular formula is C3H7NNaO2S+. The Bertz CT molecular complexity index is 79.7. The molecular weight excluding hydrogens is 137 g/mol.